The Morgan fingerprint density at radius 3 is 2.61 bits per heavy atom. The first kappa shape index (κ1) is 10.9. The number of nitrogens with zero attached hydrogens (tertiary/aromatic N) is 3. The molecule has 0 amide bonds. The molecular weight excluding hydrogens is 250 g/mol. The van der Waals surface area contributed by atoms with E-state index in [1.54, 1.807) is 18.3 Å². The lowest BCUT2D eigenvalue weighted by Gasteiger charge is -1.93. The SMILES string of the molecule is Clc1cc(-c2nc(-c3ccccc3)no2)ccn1. The first-order valence-electron chi connectivity index (χ1n) is 5.34. The van der Waals surface area contributed by atoms with Crippen molar-refractivity contribution in [3.8, 4) is 22.8 Å². The molecule has 2 aromatic heterocycles. The van der Waals surface area contributed by atoms with E-state index >= 15 is 0 Å². The zero-order chi connectivity index (χ0) is 12.4. The van der Waals surface area contributed by atoms with Crippen LogP contribution in [0.1, 0.15) is 0 Å². The largest absolute Gasteiger partial charge is 0.334 e. The van der Waals surface area contributed by atoms with E-state index in [2.05, 4.69) is 15.1 Å². The van der Waals surface area contributed by atoms with E-state index in [1.165, 1.54) is 0 Å². The average molecular weight is 258 g/mol. The van der Waals surface area contributed by atoms with Crippen molar-refractivity contribution in [2.75, 3.05) is 0 Å². The Morgan fingerprint density at radius 2 is 1.83 bits per heavy atom. The predicted molar refractivity (Wildman–Crippen MR) is 68.0 cm³/mol. The summed E-state index contributed by atoms with van der Waals surface area (Å²) in [5, 5.41) is 4.34. The minimum absolute atomic E-state index is 0.395. The Hall–Kier alpha value is -2.20. The van der Waals surface area contributed by atoms with Crippen LogP contribution in [0.3, 0.4) is 0 Å². The van der Waals surface area contributed by atoms with Crippen LogP contribution >= 0.6 is 11.6 Å². The van der Waals surface area contributed by atoms with Crippen molar-refractivity contribution in [3.05, 3.63) is 53.8 Å². The van der Waals surface area contributed by atoms with Gasteiger partial charge in [0.1, 0.15) is 5.15 Å². The van der Waals surface area contributed by atoms with Gasteiger partial charge in [0, 0.05) is 17.3 Å². The van der Waals surface area contributed by atoms with Gasteiger partial charge >= 0.3 is 0 Å². The van der Waals surface area contributed by atoms with E-state index in [0.717, 1.165) is 11.1 Å². The number of rotatable bonds is 2. The molecular formula is C13H8ClN3O. The van der Waals surface area contributed by atoms with Crippen molar-refractivity contribution < 1.29 is 4.52 Å². The predicted octanol–water partition coefficient (Wildman–Crippen LogP) is 3.45. The van der Waals surface area contributed by atoms with Crippen LogP contribution in [0.15, 0.2) is 53.2 Å². The molecule has 88 valence electrons. The van der Waals surface area contributed by atoms with Crippen molar-refractivity contribution in [2.24, 2.45) is 0 Å². The summed E-state index contributed by atoms with van der Waals surface area (Å²) in [6, 6.07) is 13.1. The zero-order valence-electron chi connectivity index (χ0n) is 9.25. The molecule has 1 aromatic carbocycles. The molecule has 0 fully saturated rings. The molecule has 4 nitrogen and oxygen atoms in total. The van der Waals surface area contributed by atoms with E-state index in [-0.39, 0.29) is 0 Å². The van der Waals surface area contributed by atoms with E-state index in [1.807, 2.05) is 30.3 Å². The quantitative estimate of drug-likeness (QED) is 0.660. The summed E-state index contributed by atoms with van der Waals surface area (Å²) in [4.78, 5) is 8.23. The van der Waals surface area contributed by atoms with Crippen LogP contribution in [-0.2, 0) is 0 Å². The van der Waals surface area contributed by atoms with Crippen LogP contribution in [-0.4, -0.2) is 15.1 Å². The highest BCUT2D eigenvalue weighted by Crippen LogP contribution is 2.22. The fourth-order valence-corrected chi connectivity index (χ4v) is 1.75. The molecule has 0 aliphatic heterocycles. The minimum atomic E-state index is 0.395. The summed E-state index contributed by atoms with van der Waals surface area (Å²) in [6.45, 7) is 0. The highest BCUT2D eigenvalue weighted by atomic mass is 35.5. The monoisotopic (exact) mass is 257 g/mol. The number of halogens is 1. The first-order valence-corrected chi connectivity index (χ1v) is 5.72. The summed E-state index contributed by atoms with van der Waals surface area (Å²) in [5.74, 6) is 0.983. The minimum Gasteiger partial charge on any atom is -0.334 e. The van der Waals surface area contributed by atoms with E-state index in [0.29, 0.717) is 16.9 Å². The van der Waals surface area contributed by atoms with Gasteiger partial charge in [0.05, 0.1) is 0 Å². The molecule has 0 saturated carbocycles. The molecule has 0 unspecified atom stereocenters. The molecule has 0 spiro atoms. The number of aromatic nitrogens is 3. The highest BCUT2D eigenvalue weighted by molar-refractivity contribution is 6.29. The van der Waals surface area contributed by atoms with Crippen LogP contribution < -0.4 is 0 Å². The molecule has 0 N–H and O–H groups in total. The maximum absolute atomic E-state index is 5.82. The molecule has 18 heavy (non-hydrogen) atoms. The van der Waals surface area contributed by atoms with E-state index in [4.69, 9.17) is 16.1 Å². The van der Waals surface area contributed by atoms with Crippen LogP contribution in [0, 0.1) is 0 Å². The maximum Gasteiger partial charge on any atom is 0.258 e. The average Bonchev–Trinajstić information content (AvgIpc) is 2.89. The Balaban J connectivity index is 2.00. The second-order valence-corrected chi connectivity index (χ2v) is 4.04. The summed E-state index contributed by atoms with van der Waals surface area (Å²) < 4.78 is 5.21. The van der Waals surface area contributed by atoms with Gasteiger partial charge in [-0.2, -0.15) is 4.98 Å². The lowest BCUT2D eigenvalue weighted by Crippen LogP contribution is -1.81. The lowest BCUT2D eigenvalue weighted by atomic mass is 10.2. The van der Waals surface area contributed by atoms with Crippen LogP contribution in [0.5, 0.6) is 0 Å². The molecule has 2 heterocycles. The summed E-state index contributed by atoms with van der Waals surface area (Å²) in [7, 11) is 0. The number of benzene rings is 1. The second kappa shape index (κ2) is 4.58. The molecule has 5 heteroatoms. The van der Waals surface area contributed by atoms with Crippen LogP contribution in [0.4, 0.5) is 0 Å². The normalized spacial score (nSPS) is 10.5. The third-order valence-corrected chi connectivity index (χ3v) is 2.64. The van der Waals surface area contributed by atoms with Gasteiger partial charge in [0.25, 0.3) is 5.89 Å². The first-order chi connectivity index (χ1) is 8.83. The summed E-state index contributed by atoms with van der Waals surface area (Å²) >= 11 is 5.82. The van der Waals surface area contributed by atoms with Crippen molar-refractivity contribution in [2.45, 2.75) is 0 Å². The van der Waals surface area contributed by atoms with Gasteiger partial charge in [-0.1, -0.05) is 47.1 Å². The topological polar surface area (TPSA) is 51.8 Å². The smallest absolute Gasteiger partial charge is 0.258 e. The number of hydrogen-bond donors (Lipinski definition) is 0. The Kier molecular flexibility index (Phi) is 2.78. The van der Waals surface area contributed by atoms with Gasteiger partial charge in [-0.25, -0.2) is 4.98 Å². The van der Waals surface area contributed by atoms with Gasteiger partial charge in [-0.3, -0.25) is 0 Å². The van der Waals surface area contributed by atoms with E-state index in [9.17, 15) is 0 Å². The molecule has 3 aromatic rings. The zero-order valence-corrected chi connectivity index (χ0v) is 10.0. The van der Waals surface area contributed by atoms with Crippen LogP contribution in [0.2, 0.25) is 5.15 Å². The fourth-order valence-electron chi connectivity index (χ4n) is 1.58. The summed E-state index contributed by atoms with van der Waals surface area (Å²) in [5.41, 5.74) is 1.66. The Labute approximate surface area is 108 Å². The highest BCUT2D eigenvalue weighted by Gasteiger charge is 2.10. The number of pyridine rings is 1. The molecule has 0 aliphatic rings. The van der Waals surface area contributed by atoms with Gasteiger partial charge in [0.2, 0.25) is 5.82 Å². The van der Waals surface area contributed by atoms with Gasteiger partial charge in [0.15, 0.2) is 0 Å². The summed E-state index contributed by atoms with van der Waals surface area (Å²) in [6.07, 6.45) is 1.60. The molecule has 3 rings (SSSR count). The van der Waals surface area contributed by atoms with Gasteiger partial charge in [-0.05, 0) is 12.1 Å². The van der Waals surface area contributed by atoms with Crippen LogP contribution in [0.25, 0.3) is 22.8 Å². The Morgan fingerprint density at radius 1 is 1.00 bits per heavy atom. The molecule has 0 atom stereocenters. The van der Waals surface area contributed by atoms with Crippen molar-refractivity contribution in [1.82, 2.24) is 15.1 Å². The fraction of sp³-hybridized carbons (Fsp3) is 0. The van der Waals surface area contributed by atoms with Gasteiger partial charge in [-0.15, -0.1) is 0 Å². The second-order valence-electron chi connectivity index (χ2n) is 3.66. The van der Waals surface area contributed by atoms with Crippen molar-refractivity contribution >= 4 is 11.6 Å². The van der Waals surface area contributed by atoms with Crippen molar-refractivity contribution in [1.29, 1.82) is 0 Å². The Bertz CT molecular complexity index is 667. The lowest BCUT2D eigenvalue weighted by molar-refractivity contribution is 0.432. The molecule has 0 saturated heterocycles. The third kappa shape index (κ3) is 2.10. The van der Waals surface area contributed by atoms with E-state index < -0.39 is 0 Å². The molecule has 0 aliphatic carbocycles. The molecule has 0 bridgehead atoms. The van der Waals surface area contributed by atoms with Crippen molar-refractivity contribution in [3.63, 3.8) is 0 Å². The third-order valence-electron chi connectivity index (χ3n) is 2.43. The standard InChI is InChI=1S/C13H8ClN3O/c14-11-8-10(6-7-15-11)13-16-12(17-18-13)9-4-2-1-3-5-9/h1-8H. The number of hydrogen-bond acceptors (Lipinski definition) is 4. The van der Waals surface area contributed by atoms with Gasteiger partial charge < -0.3 is 4.52 Å². The maximum atomic E-state index is 5.82. The molecule has 0 radical (unpaired) electrons.